The fourth-order valence-electron chi connectivity index (χ4n) is 5.37. The average Bonchev–Trinajstić information content (AvgIpc) is 3.17. The Morgan fingerprint density at radius 1 is 0.571 bits per heavy atom. The van der Waals surface area contributed by atoms with E-state index >= 15 is 0 Å². The molecule has 1 heterocycles. The van der Waals surface area contributed by atoms with Crippen molar-refractivity contribution in [1.29, 1.82) is 0 Å². The van der Waals surface area contributed by atoms with Gasteiger partial charge in [0.1, 0.15) is 0 Å². The van der Waals surface area contributed by atoms with Crippen molar-refractivity contribution in [3.05, 3.63) is 11.1 Å². The van der Waals surface area contributed by atoms with Crippen LogP contribution in [0.3, 0.4) is 0 Å². The van der Waals surface area contributed by atoms with Crippen molar-refractivity contribution in [3.63, 3.8) is 0 Å². The third-order valence-electron chi connectivity index (χ3n) is 7.36. The fourth-order valence-corrected chi connectivity index (χ4v) is 11.9. The van der Waals surface area contributed by atoms with E-state index in [9.17, 15) is 0 Å². The van der Waals surface area contributed by atoms with E-state index in [1.807, 2.05) is 0 Å². The summed E-state index contributed by atoms with van der Waals surface area (Å²) in [4.78, 5) is 0. The minimum absolute atomic E-state index is 0.234. The molecule has 0 fully saturated rings. The maximum atomic E-state index is 6.64. The second kappa shape index (κ2) is 15.5. The van der Waals surface area contributed by atoms with Gasteiger partial charge >= 0.3 is 0 Å². The molecule has 0 saturated heterocycles. The number of unbranched alkanes of at least 4 members (excludes halogenated alkanes) is 10. The SMILES string of the molecule is CCCCCCCCO[C@H]1Cc2c([Si](C)(C)C)sc([Si](C)(C)C)c2C[C@@H]1OCCCCCCCC. The Bertz CT molecular complexity index is 659. The van der Waals surface area contributed by atoms with Crippen molar-refractivity contribution in [3.8, 4) is 0 Å². The third-order valence-corrected chi connectivity index (χ3v) is 15.9. The highest BCUT2D eigenvalue weighted by molar-refractivity contribution is 7.35. The summed E-state index contributed by atoms with van der Waals surface area (Å²) in [6.45, 7) is 21.5. The van der Waals surface area contributed by atoms with Crippen LogP contribution in [0.5, 0.6) is 0 Å². The number of hydrogen-bond acceptors (Lipinski definition) is 3. The van der Waals surface area contributed by atoms with E-state index in [0.717, 1.165) is 26.1 Å². The molecule has 0 N–H and O–H groups in total. The van der Waals surface area contributed by atoms with Gasteiger partial charge in [0.2, 0.25) is 0 Å². The van der Waals surface area contributed by atoms with Crippen molar-refractivity contribution in [2.45, 2.75) is 155 Å². The largest absolute Gasteiger partial charge is 0.375 e. The lowest BCUT2D eigenvalue weighted by atomic mass is 9.90. The Kier molecular flexibility index (Phi) is 13.8. The molecule has 0 aliphatic heterocycles. The first-order chi connectivity index (χ1) is 16.6. The summed E-state index contributed by atoms with van der Waals surface area (Å²) in [7, 11) is -2.76. The van der Waals surface area contributed by atoms with Crippen LogP contribution in [-0.2, 0) is 22.3 Å². The number of rotatable bonds is 18. The van der Waals surface area contributed by atoms with Crippen molar-refractivity contribution in [2.75, 3.05) is 13.2 Å². The Morgan fingerprint density at radius 2 is 0.914 bits per heavy atom. The maximum absolute atomic E-state index is 6.64. The molecule has 0 saturated carbocycles. The van der Waals surface area contributed by atoms with Crippen LogP contribution in [0.25, 0.3) is 0 Å². The fraction of sp³-hybridized carbons (Fsp3) is 0.867. The Balaban J connectivity index is 2.08. The summed E-state index contributed by atoms with van der Waals surface area (Å²) in [5.74, 6) is 0. The van der Waals surface area contributed by atoms with Crippen LogP contribution >= 0.6 is 11.3 Å². The minimum atomic E-state index is -1.38. The van der Waals surface area contributed by atoms with Gasteiger partial charge in [0, 0.05) is 26.1 Å². The second-order valence-electron chi connectivity index (χ2n) is 13.0. The maximum Gasteiger partial charge on any atom is 0.0907 e. The van der Waals surface area contributed by atoms with Gasteiger partial charge in [-0.1, -0.05) is 117 Å². The van der Waals surface area contributed by atoms with Gasteiger partial charge in [-0.2, -0.15) is 11.3 Å². The standard InChI is InChI=1S/C30H58O2SSi2/c1-9-11-13-15-17-19-21-31-27-23-25-26(24-28(27)32-22-20-18-16-14-12-10-2)30(35(6,7)8)33-29(25)34(3,4)5/h27-28H,9-24H2,1-8H3/t27-,28-/m0/s1. The molecule has 2 nitrogen and oxygen atoms in total. The average molecular weight is 539 g/mol. The molecule has 1 aliphatic rings. The van der Waals surface area contributed by atoms with E-state index in [1.165, 1.54) is 77.0 Å². The molecule has 5 heteroatoms. The first-order valence-corrected chi connectivity index (χ1v) is 22.8. The van der Waals surface area contributed by atoms with E-state index in [-0.39, 0.29) is 12.2 Å². The van der Waals surface area contributed by atoms with Crippen molar-refractivity contribution < 1.29 is 9.47 Å². The molecular weight excluding hydrogens is 481 g/mol. The number of thiophene rings is 1. The van der Waals surface area contributed by atoms with Gasteiger partial charge < -0.3 is 9.47 Å². The topological polar surface area (TPSA) is 18.5 Å². The lowest BCUT2D eigenvalue weighted by molar-refractivity contribution is -0.0780. The minimum Gasteiger partial charge on any atom is -0.375 e. The van der Waals surface area contributed by atoms with E-state index in [1.54, 1.807) is 20.1 Å². The molecule has 2 atom stereocenters. The second-order valence-corrected chi connectivity index (χ2v) is 24.7. The van der Waals surface area contributed by atoms with Crippen LogP contribution in [0.15, 0.2) is 0 Å². The number of fused-ring (bicyclic) bond motifs is 1. The van der Waals surface area contributed by atoms with Gasteiger partial charge in [-0.15, -0.1) is 0 Å². The van der Waals surface area contributed by atoms with Crippen LogP contribution in [0.1, 0.15) is 102 Å². The number of hydrogen-bond donors (Lipinski definition) is 0. The highest BCUT2D eigenvalue weighted by Crippen LogP contribution is 2.31. The predicted octanol–water partition coefficient (Wildman–Crippen LogP) is 8.43. The van der Waals surface area contributed by atoms with Crippen molar-refractivity contribution >= 4 is 36.5 Å². The van der Waals surface area contributed by atoms with Crippen LogP contribution in [0.4, 0.5) is 0 Å². The summed E-state index contributed by atoms with van der Waals surface area (Å²) >= 11 is 2.18. The third kappa shape index (κ3) is 10.4. The van der Waals surface area contributed by atoms with Crippen molar-refractivity contribution in [2.24, 2.45) is 0 Å². The summed E-state index contributed by atoms with van der Waals surface area (Å²) in [5.41, 5.74) is 3.36. The van der Waals surface area contributed by atoms with E-state index in [2.05, 4.69) is 64.5 Å². The van der Waals surface area contributed by atoms with E-state index in [4.69, 9.17) is 9.47 Å². The summed E-state index contributed by atoms with van der Waals surface area (Å²) in [6.07, 6.45) is 18.5. The molecule has 0 amide bonds. The lowest BCUT2D eigenvalue weighted by Crippen LogP contribution is -2.46. The predicted molar refractivity (Wildman–Crippen MR) is 164 cm³/mol. The molecule has 0 radical (unpaired) electrons. The first kappa shape index (κ1) is 31.3. The first-order valence-electron chi connectivity index (χ1n) is 15.0. The molecule has 35 heavy (non-hydrogen) atoms. The molecule has 0 aromatic carbocycles. The Hall–Kier alpha value is 0.0538. The summed E-state index contributed by atoms with van der Waals surface area (Å²) < 4.78 is 16.8. The van der Waals surface area contributed by atoms with E-state index < -0.39 is 16.1 Å². The highest BCUT2D eigenvalue weighted by atomic mass is 32.1. The highest BCUT2D eigenvalue weighted by Gasteiger charge is 2.39. The van der Waals surface area contributed by atoms with Crippen LogP contribution in [0, 0.1) is 0 Å². The van der Waals surface area contributed by atoms with Gasteiger partial charge in [0.25, 0.3) is 0 Å². The van der Waals surface area contributed by atoms with Gasteiger partial charge in [-0.3, -0.25) is 0 Å². The molecule has 2 rings (SSSR count). The lowest BCUT2D eigenvalue weighted by Gasteiger charge is -2.34. The molecule has 204 valence electrons. The Labute approximate surface area is 225 Å². The zero-order valence-corrected chi connectivity index (χ0v) is 27.5. The summed E-state index contributed by atoms with van der Waals surface area (Å²) in [6, 6.07) is 0. The van der Waals surface area contributed by atoms with E-state index in [0.29, 0.717) is 0 Å². The normalized spacial score (nSPS) is 18.7. The summed E-state index contributed by atoms with van der Waals surface area (Å²) in [5, 5.41) is 0. The molecule has 1 aromatic rings. The van der Waals surface area contributed by atoms with Crippen LogP contribution in [0.2, 0.25) is 39.3 Å². The van der Waals surface area contributed by atoms with Gasteiger partial charge in [-0.25, -0.2) is 0 Å². The zero-order valence-electron chi connectivity index (χ0n) is 24.7. The number of ether oxygens (including phenoxy) is 2. The monoisotopic (exact) mass is 538 g/mol. The molecule has 0 unspecified atom stereocenters. The van der Waals surface area contributed by atoms with Gasteiger partial charge in [0.05, 0.1) is 28.4 Å². The molecule has 1 aromatic heterocycles. The molecule has 0 spiro atoms. The Morgan fingerprint density at radius 3 is 1.26 bits per heavy atom. The molecule has 1 aliphatic carbocycles. The van der Waals surface area contributed by atoms with Gasteiger partial charge in [0.15, 0.2) is 0 Å². The smallest absolute Gasteiger partial charge is 0.0907 e. The molecular formula is C30H58O2SSi2. The quantitative estimate of drug-likeness (QED) is 0.138. The van der Waals surface area contributed by atoms with Crippen LogP contribution < -0.4 is 9.00 Å². The zero-order chi connectivity index (χ0) is 25.9. The van der Waals surface area contributed by atoms with Crippen molar-refractivity contribution in [1.82, 2.24) is 0 Å². The molecule has 0 bridgehead atoms. The van der Waals surface area contributed by atoms with Crippen LogP contribution in [-0.4, -0.2) is 41.6 Å². The van der Waals surface area contributed by atoms with Gasteiger partial charge in [-0.05, 0) is 33.0 Å².